The van der Waals surface area contributed by atoms with Gasteiger partial charge in [0, 0.05) is 6.42 Å². The second kappa shape index (κ2) is 9.15. The molecule has 1 rings (SSSR count). The first kappa shape index (κ1) is 18.2. The highest BCUT2D eigenvalue weighted by Crippen LogP contribution is 2.24. The van der Waals surface area contributed by atoms with Crippen LogP contribution in [0.25, 0.3) is 0 Å². The Labute approximate surface area is 121 Å². The molecule has 112 valence electrons. The Balaban J connectivity index is 0.00000324. The van der Waals surface area contributed by atoms with Crippen LogP contribution >= 0.6 is 12.4 Å². The molecule has 0 saturated carbocycles. The van der Waals surface area contributed by atoms with Gasteiger partial charge in [0.05, 0.1) is 7.11 Å². The fraction of sp³-hybridized carbons (Fsp3) is 0.846. The van der Waals surface area contributed by atoms with E-state index in [1.165, 1.54) is 7.11 Å². The molecule has 0 spiro atoms. The number of hydrogen-bond acceptors (Lipinski definition) is 4. The summed E-state index contributed by atoms with van der Waals surface area (Å²) in [5.41, 5.74) is 0. The largest absolute Gasteiger partial charge is 0.467 e. The summed E-state index contributed by atoms with van der Waals surface area (Å²) in [7, 11) is 1.32. The van der Waals surface area contributed by atoms with E-state index in [4.69, 9.17) is 0 Å². The summed E-state index contributed by atoms with van der Waals surface area (Å²) in [5, 5.41) is 5.99. The van der Waals surface area contributed by atoms with E-state index in [1.54, 1.807) is 6.92 Å². The molecule has 19 heavy (non-hydrogen) atoms. The SMILES string of the molecule is COC(=O)[C@@H](C)NC(=O)CC(C)C1CCNCC1.Cl. The molecule has 1 amide bonds. The second-order valence-electron chi connectivity index (χ2n) is 5.08. The van der Waals surface area contributed by atoms with Crippen LogP contribution in [0.15, 0.2) is 0 Å². The number of rotatable bonds is 5. The highest BCUT2D eigenvalue weighted by atomic mass is 35.5. The van der Waals surface area contributed by atoms with Gasteiger partial charge in [0.25, 0.3) is 0 Å². The number of amides is 1. The van der Waals surface area contributed by atoms with Gasteiger partial charge in [-0.3, -0.25) is 4.79 Å². The van der Waals surface area contributed by atoms with Crippen molar-refractivity contribution in [2.45, 2.75) is 39.2 Å². The number of halogens is 1. The van der Waals surface area contributed by atoms with E-state index in [0.29, 0.717) is 18.3 Å². The van der Waals surface area contributed by atoms with Gasteiger partial charge in [-0.15, -0.1) is 12.4 Å². The number of carbonyl (C=O) groups is 2. The minimum absolute atomic E-state index is 0. The molecule has 0 radical (unpaired) electrons. The average molecular weight is 293 g/mol. The fourth-order valence-corrected chi connectivity index (χ4v) is 2.41. The normalized spacial score (nSPS) is 18.9. The zero-order valence-electron chi connectivity index (χ0n) is 11.9. The molecule has 0 aromatic rings. The zero-order chi connectivity index (χ0) is 13.5. The molecular weight excluding hydrogens is 268 g/mol. The van der Waals surface area contributed by atoms with Crippen molar-refractivity contribution in [3.63, 3.8) is 0 Å². The summed E-state index contributed by atoms with van der Waals surface area (Å²) in [5.74, 6) is 0.485. The van der Waals surface area contributed by atoms with Gasteiger partial charge in [-0.1, -0.05) is 6.92 Å². The monoisotopic (exact) mass is 292 g/mol. The molecule has 5 nitrogen and oxygen atoms in total. The van der Waals surface area contributed by atoms with Gasteiger partial charge < -0.3 is 15.4 Å². The lowest BCUT2D eigenvalue weighted by molar-refractivity contribution is -0.144. The van der Waals surface area contributed by atoms with Crippen molar-refractivity contribution in [3.05, 3.63) is 0 Å². The smallest absolute Gasteiger partial charge is 0.328 e. The van der Waals surface area contributed by atoms with E-state index in [-0.39, 0.29) is 18.3 Å². The van der Waals surface area contributed by atoms with Crippen molar-refractivity contribution in [2.24, 2.45) is 11.8 Å². The molecular formula is C13H25ClN2O3. The molecule has 1 unspecified atom stereocenters. The van der Waals surface area contributed by atoms with Crippen LogP contribution in [0, 0.1) is 11.8 Å². The Hall–Kier alpha value is -0.810. The van der Waals surface area contributed by atoms with Gasteiger partial charge >= 0.3 is 5.97 Å². The minimum atomic E-state index is -0.567. The number of nitrogens with one attached hydrogen (secondary N) is 2. The molecule has 6 heteroatoms. The highest BCUT2D eigenvalue weighted by molar-refractivity contribution is 5.85. The van der Waals surface area contributed by atoms with Crippen LogP contribution in [-0.2, 0) is 14.3 Å². The Morgan fingerprint density at radius 2 is 1.89 bits per heavy atom. The van der Waals surface area contributed by atoms with Crippen molar-refractivity contribution in [3.8, 4) is 0 Å². The highest BCUT2D eigenvalue weighted by Gasteiger charge is 2.23. The lowest BCUT2D eigenvalue weighted by atomic mass is 9.84. The number of ether oxygens (including phenoxy) is 1. The molecule has 1 saturated heterocycles. The van der Waals surface area contributed by atoms with Gasteiger partial charge in [-0.25, -0.2) is 4.79 Å². The third kappa shape index (κ3) is 6.25. The Morgan fingerprint density at radius 3 is 2.42 bits per heavy atom. The molecule has 2 N–H and O–H groups in total. The van der Waals surface area contributed by atoms with Crippen molar-refractivity contribution in [2.75, 3.05) is 20.2 Å². The van der Waals surface area contributed by atoms with Crippen LogP contribution in [0.4, 0.5) is 0 Å². The molecule has 0 aliphatic carbocycles. The van der Waals surface area contributed by atoms with E-state index in [0.717, 1.165) is 25.9 Å². The molecule has 0 aromatic heterocycles. The summed E-state index contributed by atoms with van der Waals surface area (Å²) >= 11 is 0. The van der Waals surface area contributed by atoms with Crippen LogP contribution in [0.3, 0.4) is 0 Å². The zero-order valence-corrected chi connectivity index (χ0v) is 12.7. The molecule has 1 aliphatic heterocycles. The second-order valence-corrected chi connectivity index (χ2v) is 5.08. The van der Waals surface area contributed by atoms with Crippen molar-refractivity contribution in [1.82, 2.24) is 10.6 Å². The Bertz CT molecular complexity index is 294. The topological polar surface area (TPSA) is 67.4 Å². The molecule has 0 aromatic carbocycles. The summed E-state index contributed by atoms with van der Waals surface area (Å²) in [4.78, 5) is 23.0. The maximum atomic E-state index is 11.8. The quantitative estimate of drug-likeness (QED) is 0.745. The molecule has 1 fully saturated rings. The molecule has 2 atom stereocenters. The van der Waals surface area contributed by atoms with Gasteiger partial charge in [-0.05, 0) is 44.7 Å². The maximum absolute atomic E-state index is 11.8. The van der Waals surface area contributed by atoms with E-state index >= 15 is 0 Å². The predicted octanol–water partition coefficient (Wildman–Crippen LogP) is 1.11. The number of esters is 1. The molecule has 1 aliphatic rings. The van der Waals surface area contributed by atoms with Crippen molar-refractivity contribution < 1.29 is 14.3 Å². The van der Waals surface area contributed by atoms with Crippen LogP contribution in [-0.4, -0.2) is 38.1 Å². The fourth-order valence-electron chi connectivity index (χ4n) is 2.41. The summed E-state index contributed by atoms with van der Waals surface area (Å²) in [6, 6.07) is -0.567. The van der Waals surface area contributed by atoms with Crippen LogP contribution in [0.1, 0.15) is 33.1 Å². The third-order valence-electron chi connectivity index (χ3n) is 3.63. The van der Waals surface area contributed by atoms with Gasteiger partial charge in [0.1, 0.15) is 6.04 Å². The van der Waals surface area contributed by atoms with E-state index in [9.17, 15) is 9.59 Å². The van der Waals surface area contributed by atoms with Crippen molar-refractivity contribution in [1.29, 1.82) is 0 Å². The summed E-state index contributed by atoms with van der Waals surface area (Å²) < 4.78 is 4.57. The summed E-state index contributed by atoms with van der Waals surface area (Å²) in [6.45, 7) is 5.82. The first-order valence-corrected chi connectivity index (χ1v) is 6.62. The molecule has 0 bridgehead atoms. The van der Waals surface area contributed by atoms with E-state index in [2.05, 4.69) is 22.3 Å². The number of carbonyl (C=O) groups excluding carboxylic acids is 2. The predicted molar refractivity (Wildman–Crippen MR) is 76.2 cm³/mol. The maximum Gasteiger partial charge on any atom is 0.328 e. The van der Waals surface area contributed by atoms with Gasteiger partial charge in [0.15, 0.2) is 0 Å². The average Bonchev–Trinajstić information content (AvgIpc) is 2.38. The Morgan fingerprint density at radius 1 is 1.32 bits per heavy atom. The number of methoxy groups -OCH3 is 1. The van der Waals surface area contributed by atoms with E-state index < -0.39 is 12.0 Å². The lowest BCUT2D eigenvalue weighted by Gasteiger charge is -2.28. The third-order valence-corrected chi connectivity index (χ3v) is 3.63. The van der Waals surface area contributed by atoms with Crippen LogP contribution in [0.2, 0.25) is 0 Å². The number of piperidine rings is 1. The first-order valence-electron chi connectivity index (χ1n) is 6.62. The number of hydrogen-bond donors (Lipinski definition) is 2. The molecule has 1 heterocycles. The van der Waals surface area contributed by atoms with E-state index in [1.807, 2.05) is 0 Å². The Kier molecular flexibility index (Phi) is 8.76. The van der Waals surface area contributed by atoms with Crippen LogP contribution < -0.4 is 10.6 Å². The lowest BCUT2D eigenvalue weighted by Crippen LogP contribution is -2.40. The van der Waals surface area contributed by atoms with Gasteiger partial charge in [-0.2, -0.15) is 0 Å². The van der Waals surface area contributed by atoms with Crippen LogP contribution in [0.5, 0.6) is 0 Å². The van der Waals surface area contributed by atoms with Crippen molar-refractivity contribution >= 4 is 24.3 Å². The minimum Gasteiger partial charge on any atom is -0.467 e. The first-order chi connectivity index (χ1) is 8.54. The summed E-state index contributed by atoms with van der Waals surface area (Å²) in [6.07, 6.45) is 2.73. The van der Waals surface area contributed by atoms with Gasteiger partial charge in [0.2, 0.25) is 5.91 Å². The standard InChI is InChI=1S/C13H24N2O3.ClH/c1-9(11-4-6-14-7-5-11)8-12(16)15-10(2)13(17)18-3;/h9-11,14H,4-8H2,1-3H3,(H,15,16);1H/t9?,10-;/m1./s1.